The van der Waals surface area contributed by atoms with E-state index in [-0.39, 0.29) is 12.0 Å². The van der Waals surface area contributed by atoms with Gasteiger partial charge in [0.05, 0.1) is 12.6 Å². The number of ether oxygens (including phenoxy) is 1. The molecule has 0 aromatic carbocycles. The zero-order valence-corrected chi connectivity index (χ0v) is 11.4. The minimum Gasteiger partial charge on any atom is -0.380 e. The van der Waals surface area contributed by atoms with Crippen LogP contribution in [0.25, 0.3) is 0 Å². The van der Waals surface area contributed by atoms with Crippen LogP contribution in [0.5, 0.6) is 0 Å². The number of rotatable bonds is 5. The summed E-state index contributed by atoms with van der Waals surface area (Å²) in [6, 6.07) is 0.766. The maximum absolute atomic E-state index is 11.8. The summed E-state index contributed by atoms with van der Waals surface area (Å²) in [5, 5.41) is 6.47. The quantitative estimate of drug-likeness (QED) is 0.783. The van der Waals surface area contributed by atoms with Crippen molar-refractivity contribution < 1.29 is 9.53 Å². The first-order valence-corrected chi connectivity index (χ1v) is 7.35. The smallest absolute Gasteiger partial charge is 0.234 e. The molecule has 0 spiro atoms. The Bertz CT molecular complexity index is 265. The first-order valence-electron chi connectivity index (χ1n) is 7.35. The Morgan fingerprint density at radius 2 is 1.89 bits per heavy atom. The zero-order valence-electron chi connectivity index (χ0n) is 11.4. The number of nitrogens with one attached hydrogen (secondary N) is 2. The summed E-state index contributed by atoms with van der Waals surface area (Å²) in [6.45, 7) is 0.432. The molecule has 2 N–H and O–H groups in total. The molecular formula is C14H26N2O2. The third kappa shape index (κ3) is 3.95. The lowest BCUT2D eigenvalue weighted by atomic mass is 9.95. The standard InChI is InChI=1S/C14H26N2O2/c1-18-13-9-5-8-12(13)15-10-14(17)16-11-6-3-2-4-7-11/h11-13,15H,2-10H2,1H3,(H,16,17). The molecule has 2 aliphatic rings. The average Bonchev–Trinajstić information content (AvgIpc) is 2.85. The van der Waals surface area contributed by atoms with Crippen LogP contribution in [-0.2, 0) is 9.53 Å². The zero-order chi connectivity index (χ0) is 12.8. The summed E-state index contributed by atoms with van der Waals surface area (Å²) in [5.74, 6) is 0.142. The summed E-state index contributed by atoms with van der Waals surface area (Å²) in [5.41, 5.74) is 0. The SMILES string of the molecule is COC1CCCC1NCC(=O)NC1CCCCC1. The van der Waals surface area contributed by atoms with Gasteiger partial charge in [-0.3, -0.25) is 4.79 Å². The fourth-order valence-corrected chi connectivity index (χ4v) is 3.19. The molecule has 2 aliphatic carbocycles. The van der Waals surface area contributed by atoms with Gasteiger partial charge in [0.1, 0.15) is 0 Å². The number of hydrogen-bond acceptors (Lipinski definition) is 3. The van der Waals surface area contributed by atoms with Crippen LogP contribution in [0.2, 0.25) is 0 Å². The highest BCUT2D eigenvalue weighted by Crippen LogP contribution is 2.21. The number of amides is 1. The van der Waals surface area contributed by atoms with E-state index in [1.807, 2.05) is 0 Å². The van der Waals surface area contributed by atoms with Crippen molar-refractivity contribution in [1.29, 1.82) is 0 Å². The molecule has 1 amide bonds. The Morgan fingerprint density at radius 1 is 1.11 bits per heavy atom. The van der Waals surface area contributed by atoms with Crippen molar-refractivity contribution in [3.63, 3.8) is 0 Å². The van der Waals surface area contributed by atoms with Crippen molar-refractivity contribution in [2.75, 3.05) is 13.7 Å². The number of carbonyl (C=O) groups excluding carboxylic acids is 1. The van der Waals surface area contributed by atoms with Crippen LogP contribution in [-0.4, -0.2) is 37.7 Å². The molecule has 18 heavy (non-hydrogen) atoms. The highest BCUT2D eigenvalue weighted by molar-refractivity contribution is 5.78. The molecule has 0 aliphatic heterocycles. The molecule has 0 aromatic rings. The van der Waals surface area contributed by atoms with E-state index in [0.29, 0.717) is 18.6 Å². The van der Waals surface area contributed by atoms with Gasteiger partial charge in [-0.2, -0.15) is 0 Å². The van der Waals surface area contributed by atoms with E-state index in [1.54, 1.807) is 7.11 Å². The van der Waals surface area contributed by atoms with Gasteiger partial charge in [-0.1, -0.05) is 19.3 Å². The normalized spacial score (nSPS) is 29.4. The molecule has 2 unspecified atom stereocenters. The van der Waals surface area contributed by atoms with Crippen molar-refractivity contribution >= 4 is 5.91 Å². The fraction of sp³-hybridized carbons (Fsp3) is 0.929. The lowest BCUT2D eigenvalue weighted by Gasteiger charge is -2.24. The molecule has 4 nitrogen and oxygen atoms in total. The number of carbonyl (C=O) groups is 1. The molecular weight excluding hydrogens is 228 g/mol. The maximum Gasteiger partial charge on any atom is 0.234 e. The lowest BCUT2D eigenvalue weighted by molar-refractivity contribution is -0.121. The van der Waals surface area contributed by atoms with Crippen molar-refractivity contribution in [1.82, 2.24) is 10.6 Å². The lowest BCUT2D eigenvalue weighted by Crippen LogP contribution is -2.46. The maximum atomic E-state index is 11.8. The Balaban J connectivity index is 1.64. The summed E-state index contributed by atoms with van der Waals surface area (Å²) in [7, 11) is 1.76. The second-order valence-corrected chi connectivity index (χ2v) is 5.59. The number of methoxy groups -OCH3 is 1. The van der Waals surface area contributed by atoms with Crippen molar-refractivity contribution in [2.24, 2.45) is 0 Å². The van der Waals surface area contributed by atoms with Gasteiger partial charge >= 0.3 is 0 Å². The first kappa shape index (κ1) is 13.8. The first-order chi connectivity index (χ1) is 8.79. The molecule has 104 valence electrons. The predicted molar refractivity (Wildman–Crippen MR) is 71.5 cm³/mol. The monoisotopic (exact) mass is 254 g/mol. The second kappa shape index (κ2) is 7.10. The Labute approximate surface area is 110 Å². The van der Waals surface area contributed by atoms with Gasteiger partial charge < -0.3 is 15.4 Å². The minimum atomic E-state index is 0.142. The summed E-state index contributed by atoms with van der Waals surface area (Å²) < 4.78 is 5.41. The van der Waals surface area contributed by atoms with Crippen molar-refractivity contribution in [2.45, 2.75) is 69.6 Å². The van der Waals surface area contributed by atoms with Crippen LogP contribution in [0.3, 0.4) is 0 Å². The Morgan fingerprint density at radius 3 is 2.61 bits per heavy atom. The van der Waals surface area contributed by atoms with Crippen molar-refractivity contribution in [3.05, 3.63) is 0 Å². The van der Waals surface area contributed by atoms with Crippen LogP contribution in [0, 0.1) is 0 Å². The average molecular weight is 254 g/mol. The van der Waals surface area contributed by atoms with Gasteiger partial charge in [-0.05, 0) is 32.1 Å². The number of hydrogen-bond donors (Lipinski definition) is 2. The Hall–Kier alpha value is -0.610. The molecule has 2 rings (SSSR count). The molecule has 2 fully saturated rings. The second-order valence-electron chi connectivity index (χ2n) is 5.59. The van der Waals surface area contributed by atoms with E-state index >= 15 is 0 Å². The van der Waals surface area contributed by atoms with Gasteiger partial charge in [-0.15, -0.1) is 0 Å². The van der Waals surface area contributed by atoms with Gasteiger partial charge in [-0.25, -0.2) is 0 Å². The molecule has 2 atom stereocenters. The highest BCUT2D eigenvalue weighted by atomic mass is 16.5. The molecule has 2 saturated carbocycles. The van der Waals surface area contributed by atoms with Gasteiger partial charge in [0.15, 0.2) is 0 Å². The Kier molecular flexibility index (Phi) is 5.45. The van der Waals surface area contributed by atoms with Crippen LogP contribution in [0.1, 0.15) is 51.4 Å². The van der Waals surface area contributed by atoms with Gasteiger partial charge in [0, 0.05) is 19.2 Å². The van der Waals surface area contributed by atoms with E-state index in [0.717, 1.165) is 25.7 Å². The minimum absolute atomic E-state index is 0.142. The van der Waals surface area contributed by atoms with E-state index in [2.05, 4.69) is 10.6 Å². The molecule has 0 saturated heterocycles. The van der Waals surface area contributed by atoms with Gasteiger partial charge in [0.25, 0.3) is 0 Å². The molecule has 0 bridgehead atoms. The summed E-state index contributed by atoms with van der Waals surface area (Å²) in [6.07, 6.45) is 9.84. The molecule has 0 aromatic heterocycles. The van der Waals surface area contributed by atoms with Crippen LogP contribution < -0.4 is 10.6 Å². The summed E-state index contributed by atoms with van der Waals surface area (Å²) in [4.78, 5) is 11.8. The fourth-order valence-electron chi connectivity index (χ4n) is 3.19. The van der Waals surface area contributed by atoms with E-state index in [4.69, 9.17) is 4.74 Å². The van der Waals surface area contributed by atoms with E-state index < -0.39 is 0 Å². The van der Waals surface area contributed by atoms with Gasteiger partial charge in [0.2, 0.25) is 5.91 Å². The third-order valence-electron chi connectivity index (χ3n) is 4.25. The highest BCUT2D eigenvalue weighted by Gasteiger charge is 2.27. The molecule has 0 radical (unpaired) electrons. The third-order valence-corrected chi connectivity index (χ3v) is 4.25. The largest absolute Gasteiger partial charge is 0.380 e. The van der Waals surface area contributed by atoms with Crippen LogP contribution in [0.15, 0.2) is 0 Å². The van der Waals surface area contributed by atoms with Crippen LogP contribution in [0.4, 0.5) is 0 Å². The topological polar surface area (TPSA) is 50.4 Å². The molecule has 0 heterocycles. The van der Waals surface area contributed by atoms with E-state index in [1.165, 1.54) is 25.7 Å². The molecule has 4 heteroatoms. The predicted octanol–water partition coefficient (Wildman–Crippen LogP) is 1.59. The van der Waals surface area contributed by atoms with E-state index in [9.17, 15) is 4.79 Å². The van der Waals surface area contributed by atoms with Crippen molar-refractivity contribution in [3.8, 4) is 0 Å². The van der Waals surface area contributed by atoms with Crippen LogP contribution >= 0.6 is 0 Å². The summed E-state index contributed by atoms with van der Waals surface area (Å²) >= 11 is 0.